The second-order valence-electron chi connectivity index (χ2n) is 4.60. The number of hydrogen-bond donors (Lipinski definition) is 1. The second kappa shape index (κ2) is 9.26. The average Bonchev–Trinajstić information content (AvgIpc) is 2.12. The fraction of sp³-hybridized carbons (Fsp3) is 0.846. The number of nitrogens with one attached hydrogen (secondary N) is 1. The maximum atomic E-state index is 4.13. The highest BCUT2D eigenvalue weighted by Gasteiger charge is 1.97. The van der Waals surface area contributed by atoms with Gasteiger partial charge >= 0.3 is 0 Å². The van der Waals surface area contributed by atoms with Crippen molar-refractivity contribution in [2.75, 3.05) is 13.6 Å². The normalized spacial score (nSPS) is 10.9. The highest BCUT2D eigenvalue weighted by Crippen LogP contribution is 2.15. The van der Waals surface area contributed by atoms with Crippen LogP contribution in [0.1, 0.15) is 52.4 Å². The lowest BCUT2D eigenvalue weighted by molar-refractivity contribution is 0.548. The van der Waals surface area contributed by atoms with Gasteiger partial charge < -0.3 is 5.32 Å². The van der Waals surface area contributed by atoms with E-state index in [-0.39, 0.29) is 0 Å². The summed E-state index contributed by atoms with van der Waals surface area (Å²) in [6.45, 7) is 9.84. The SMILES string of the molecule is C=C(CCCCNC)CCCC(C)C. The summed E-state index contributed by atoms with van der Waals surface area (Å²) in [6.07, 6.45) is 7.69. The van der Waals surface area contributed by atoms with Crippen LogP contribution in [0.5, 0.6) is 0 Å². The van der Waals surface area contributed by atoms with Crippen molar-refractivity contribution in [1.82, 2.24) is 5.32 Å². The predicted octanol–water partition coefficient (Wildman–Crippen LogP) is 3.76. The van der Waals surface area contributed by atoms with E-state index in [1.165, 1.54) is 44.1 Å². The molecular formula is C13H27N. The van der Waals surface area contributed by atoms with Crippen molar-refractivity contribution in [3.05, 3.63) is 12.2 Å². The van der Waals surface area contributed by atoms with Gasteiger partial charge in [-0.1, -0.05) is 32.4 Å². The summed E-state index contributed by atoms with van der Waals surface area (Å²) in [5.41, 5.74) is 1.45. The smallest absolute Gasteiger partial charge is 0.00518 e. The number of hydrogen-bond acceptors (Lipinski definition) is 1. The molecule has 0 rings (SSSR count). The van der Waals surface area contributed by atoms with Crippen molar-refractivity contribution in [2.24, 2.45) is 5.92 Å². The van der Waals surface area contributed by atoms with E-state index < -0.39 is 0 Å². The van der Waals surface area contributed by atoms with Gasteiger partial charge in [-0.15, -0.1) is 0 Å². The van der Waals surface area contributed by atoms with Crippen LogP contribution < -0.4 is 5.32 Å². The van der Waals surface area contributed by atoms with E-state index >= 15 is 0 Å². The Kier molecular flexibility index (Phi) is 9.06. The van der Waals surface area contributed by atoms with Gasteiger partial charge in [-0.2, -0.15) is 0 Å². The van der Waals surface area contributed by atoms with E-state index in [0.717, 1.165) is 12.5 Å². The van der Waals surface area contributed by atoms with Crippen molar-refractivity contribution in [3.8, 4) is 0 Å². The molecule has 0 radical (unpaired) electrons. The first-order valence-electron chi connectivity index (χ1n) is 5.98. The van der Waals surface area contributed by atoms with E-state index in [9.17, 15) is 0 Å². The van der Waals surface area contributed by atoms with Crippen LogP contribution in [0.15, 0.2) is 12.2 Å². The van der Waals surface area contributed by atoms with Crippen molar-refractivity contribution in [3.63, 3.8) is 0 Å². The van der Waals surface area contributed by atoms with E-state index in [0.29, 0.717) is 0 Å². The van der Waals surface area contributed by atoms with Gasteiger partial charge in [0.2, 0.25) is 0 Å². The molecule has 0 aliphatic heterocycles. The van der Waals surface area contributed by atoms with Gasteiger partial charge in [-0.3, -0.25) is 0 Å². The van der Waals surface area contributed by atoms with Crippen LogP contribution in [0.2, 0.25) is 0 Å². The molecule has 0 spiro atoms. The Labute approximate surface area is 90.0 Å². The maximum absolute atomic E-state index is 4.13. The lowest BCUT2D eigenvalue weighted by Crippen LogP contribution is -2.07. The summed E-state index contributed by atoms with van der Waals surface area (Å²) < 4.78 is 0. The van der Waals surface area contributed by atoms with Crippen LogP contribution >= 0.6 is 0 Å². The number of allylic oxidation sites excluding steroid dienone is 1. The quantitative estimate of drug-likeness (QED) is 0.438. The molecule has 1 N–H and O–H groups in total. The third-order valence-electron chi connectivity index (χ3n) is 2.52. The predicted molar refractivity (Wildman–Crippen MR) is 65.6 cm³/mol. The highest BCUT2D eigenvalue weighted by molar-refractivity contribution is 4.93. The van der Waals surface area contributed by atoms with Gasteiger partial charge in [0.15, 0.2) is 0 Å². The lowest BCUT2D eigenvalue weighted by Gasteiger charge is -2.07. The largest absolute Gasteiger partial charge is 0.320 e. The van der Waals surface area contributed by atoms with Crippen LogP contribution in [0.25, 0.3) is 0 Å². The van der Waals surface area contributed by atoms with Crippen molar-refractivity contribution in [1.29, 1.82) is 0 Å². The Bertz CT molecular complexity index is 138. The molecule has 1 nitrogen and oxygen atoms in total. The van der Waals surface area contributed by atoms with Gasteiger partial charge in [-0.25, -0.2) is 0 Å². The summed E-state index contributed by atoms with van der Waals surface area (Å²) in [4.78, 5) is 0. The molecule has 0 aromatic carbocycles. The molecule has 0 atom stereocenters. The fourth-order valence-electron chi connectivity index (χ4n) is 1.56. The van der Waals surface area contributed by atoms with Crippen LogP contribution in [-0.4, -0.2) is 13.6 Å². The first kappa shape index (κ1) is 13.7. The van der Waals surface area contributed by atoms with Gasteiger partial charge in [0.1, 0.15) is 0 Å². The van der Waals surface area contributed by atoms with Crippen LogP contribution in [0.3, 0.4) is 0 Å². The lowest BCUT2D eigenvalue weighted by atomic mass is 10.0. The molecule has 0 amide bonds. The molecule has 84 valence electrons. The van der Waals surface area contributed by atoms with Crippen LogP contribution in [0, 0.1) is 5.92 Å². The third-order valence-corrected chi connectivity index (χ3v) is 2.52. The molecule has 0 aliphatic carbocycles. The Balaban J connectivity index is 3.20. The molecule has 0 heterocycles. The Morgan fingerprint density at radius 3 is 2.36 bits per heavy atom. The Morgan fingerprint density at radius 1 is 1.14 bits per heavy atom. The Hall–Kier alpha value is -0.300. The maximum Gasteiger partial charge on any atom is -0.00518 e. The van der Waals surface area contributed by atoms with Crippen molar-refractivity contribution < 1.29 is 0 Å². The summed E-state index contributed by atoms with van der Waals surface area (Å²) >= 11 is 0. The summed E-state index contributed by atoms with van der Waals surface area (Å²) in [5.74, 6) is 0.840. The molecule has 0 bridgehead atoms. The molecule has 0 unspecified atom stereocenters. The van der Waals surface area contributed by atoms with E-state index in [1.807, 2.05) is 7.05 Å². The topological polar surface area (TPSA) is 12.0 Å². The molecule has 0 aliphatic rings. The minimum atomic E-state index is 0.840. The molecule has 1 heteroatoms. The zero-order valence-corrected chi connectivity index (χ0v) is 10.2. The Morgan fingerprint density at radius 2 is 1.79 bits per heavy atom. The zero-order chi connectivity index (χ0) is 10.8. The number of rotatable bonds is 9. The monoisotopic (exact) mass is 197 g/mol. The minimum Gasteiger partial charge on any atom is -0.320 e. The van der Waals surface area contributed by atoms with Crippen molar-refractivity contribution >= 4 is 0 Å². The van der Waals surface area contributed by atoms with Gasteiger partial charge in [-0.05, 0) is 51.6 Å². The standard InChI is InChI=1S/C13H27N/c1-12(2)8-7-10-13(3)9-5-6-11-14-4/h12,14H,3,5-11H2,1-2,4H3. The molecular weight excluding hydrogens is 170 g/mol. The fourth-order valence-corrected chi connectivity index (χ4v) is 1.56. The summed E-state index contributed by atoms with van der Waals surface area (Å²) in [6, 6.07) is 0. The molecule has 14 heavy (non-hydrogen) atoms. The van der Waals surface area contributed by atoms with E-state index in [2.05, 4.69) is 25.7 Å². The molecule has 0 aromatic rings. The molecule has 0 aromatic heterocycles. The van der Waals surface area contributed by atoms with Crippen molar-refractivity contribution in [2.45, 2.75) is 52.4 Å². The molecule has 0 saturated heterocycles. The highest BCUT2D eigenvalue weighted by atomic mass is 14.8. The molecule has 0 fully saturated rings. The van der Waals surface area contributed by atoms with Crippen LogP contribution in [-0.2, 0) is 0 Å². The third kappa shape index (κ3) is 9.79. The summed E-state index contributed by atoms with van der Waals surface area (Å²) in [5, 5.41) is 3.17. The van der Waals surface area contributed by atoms with Gasteiger partial charge in [0.25, 0.3) is 0 Å². The first-order chi connectivity index (χ1) is 6.66. The van der Waals surface area contributed by atoms with Gasteiger partial charge in [0, 0.05) is 0 Å². The number of unbranched alkanes of at least 4 members (excludes halogenated alkanes) is 1. The minimum absolute atomic E-state index is 0.840. The second-order valence-corrected chi connectivity index (χ2v) is 4.60. The summed E-state index contributed by atoms with van der Waals surface area (Å²) in [7, 11) is 2.01. The first-order valence-corrected chi connectivity index (χ1v) is 5.98. The van der Waals surface area contributed by atoms with Crippen LogP contribution in [0.4, 0.5) is 0 Å². The average molecular weight is 197 g/mol. The van der Waals surface area contributed by atoms with Gasteiger partial charge in [0.05, 0.1) is 0 Å². The molecule has 0 saturated carbocycles. The zero-order valence-electron chi connectivity index (χ0n) is 10.2. The van der Waals surface area contributed by atoms with E-state index in [4.69, 9.17) is 0 Å². The van der Waals surface area contributed by atoms with E-state index in [1.54, 1.807) is 0 Å².